The van der Waals surface area contributed by atoms with Gasteiger partial charge in [0.2, 0.25) is 11.8 Å². The van der Waals surface area contributed by atoms with Crippen molar-refractivity contribution in [2.24, 2.45) is 0 Å². The molecule has 0 bridgehead atoms. The number of carbonyl (C=O) groups is 4. The number of benzene rings is 1. The number of ether oxygens (including phenoxy) is 2. The predicted molar refractivity (Wildman–Crippen MR) is 134 cm³/mol. The van der Waals surface area contributed by atoms with Crippen LogP contribution in [0.3, 0.4) is 0 Å². The van der Waals surface area contributed by atoms with E-state index in [4.69, 9.17) is 4.74 Å². The van der Waals surface area contributed by atoms with Crippen molar-refractivity contribution >= 4 is 35.6 Å². The predicted octanol–water partition coefficient (Wildman–Crippen LogP) is 2.03. The number of esters is 1. The van der Waals surface area contributed by atoms with Crippen LogP contribution in [0.2, 0.25) is 0 Å². The molecule has 0 heterocycles. The summed E-state index contributed by atoms with van der Waals surface area (Å²) in [6.45, 7) is 5.62. The first-order valence-electron chi connectivity index (χ1n) is 11.1. The van der Waals surface area contributed by atoms with Crippen LogP contribution in [0.1, 0.15) is 44.4 Å². The first-order valence-corrected chi connectivity index (χ1v) is 12.5. The van der Waals surface area contributed by atoms with Crippen molar-refractivity contribution in [2.75, 3.05) is 32.2 Å². The number of phenols is 1. The molecule has 0 spiro atoms. The van der Waals surface area contributed by atoms with Crippen LogP contribution in [0, 0.1) is 18.3 Å². The lowest BCUT2D eigenvalue weighted by atomic mass is 9.99. The Morgan fingerprint density at radius 1 is 1.25 bits per heavy atom. The highest BCUT2D eigenvalue weighted by atomic mass is 32.2. The number of thioether (sulfide) groups is 1. The van der Waals surface area contributed by atoms with Gasteiger partial charge in [-0.1, -0.05) is 18.2 Å². The molecule has 2 unspecified atom stereocenters. The third-order valence-electron chi connectivity index (χ3n) is 4.88. The summed E-state index contributed by atoms with van der Waals surface area (Å²) in [6, 6.07) is 3.92. The zero-order valence-electron chi connectivity index (χ0n) is 21.4. The molecule has 0 radical (unpaired) electrons. The summed E-state index contributed by atoms with van der Waals surface area (Å²) in [5.74, 6) is -2.02. The smallest absolute Gasteiger partial charge is 0.408 e. The van der Waals surface area contributed by atoms with Gasteiger partial charge < -0.3 is 30.1 Å². The van der Waals surface area contributed by atoms with E-state index >= 15 is 0 Å². The quantitative estimate of drug-likeness (QED) is 0.292. The van der Waals surface area contributed by atoms with Crippen molar-refractivity contribution in [3.05, 3.63) is 29.3 Å². The maximum atomic E-state index is 13.7. The molecule has 12 heteroatoms. The van der Waals surface area contributed by atoms with Gasteiger partial charge in [-0.15, -0.1) is 0 Å². The van der Waals surface area contributed by atoms with Gasteiger partial charge in [0.15, 0.2) is 0 Å². The molecular formula is C24H34N4O7S. The van der Waals surface area contributed by atoms with Crippen LogP contribution in [0.5, 0.6) is 5.75 Å². The molecule has 1 aromatic carbocycles. The molecule has 2 atom stereocenters. The first-order chi connectivity index (χ1) is 16.9. The lowest BCUT2D eigenvalue weighted by Crippen LogP contribution is -2.53. The Bertz CT molecular complexity index is 988. The fourth-order valence-electron chi connectivity index (χ4n) is 3.20. The standard InChI is InChI=1S/C24H34N4O7S/c1-15-8-7-9-16(20(15)30)19(21(31)26-14-18(29)34-5)28(12-11-25)22(32)17(10-13-36-6)27-23(33)35-24(2,3)4/h7-9,17,19,30H,10,12-14H2,1-6H3,(H,26,31)(H,27,33). The molecular weight excluding hydrogens is 488 g/mol. The van der Waals surface area contributed by atoms with Crippen molar-refractivity contribution in [3.63, 3.8) is 0 Å². The average Bonchev–Trinajstić information content (AvgIpc) is 2.80. The number of hydrogen-bond donors (Lipinski definition) is 3. The summed E-state index contributed by atoms with van der Waals surface area (Å²) >= 11 is 1.44. The first kappa shape index (κ1) is 30.6. The van der Waals surface area contributed by atoms with Crippen LogP contribution in [0.25, 0.3) is 0 Å². The number of nitrogens with one attached hydrogen (secondary N) is 2. The summed E-state index contributed by atoms with van der Waals surface area (Å²) in [7, 11) is 1.16. The van der Waals surface area contributed by atoms with Gasteiger partial charge in [-0.2, -0.15) is 17.0 Å². The minimum absolute atomic E-state index is 0.0573. The van der Waals surface area contributed by atoms with E-state index in [1.807, 2.05) is 12.3 Å². The number of nitrogens with zero attached hydrogens (tertiary/aromatic N) is 2. The number of carbonyl (C=O) groups excluding carboxylic acids is 4. The number of rotatable bonds is 11. The van der Waals surface area contributed by atoms with Gasteiger partial charge in [-0.3, -0.25) is 14.4 Å². The molecule has 0 aliphatic carbocycles. The fourth-order valence-corrected chi connectivity index (χ4v) is 3.67. The van der Waals surface area contributed by atoms with E-state index in [9.17, 15) is 29.5 Å². The van der Waals surface area contributed by atoms with E-state index in [1.54, 1.807) is 39.8 Å². The van der Waals surface area contributed by atoms with Crippen molar-refractivity contribution in [2.45, 2.75) is 51.8 Å². The molecule has 0 aromatic heterocycles. The summed E-state index contributed by atoms with van der Waals surface area (Å²) in [5.41, 5.74) is -0.317. The SMILES string of the molecule is COC(=O)CNC(=O)C(c1cccc(C)c1O)N(CC#N)C(=O)C(CCSC)NC(=O)OC(C)(C)C. The van der Waals surface area contributed by atoms with Gasteiger partial charge >= 0.3 is 12.1 Å². The van der Waals surface area contributed by atoms with Gasteiger partial charge in [0.1, 0.15) is 36.5 Å². The average molecular weight is 523 g/mol. The van der Waals surface area contributed by atoms with Crippen LogP contribution in [-0.4, -0.2) is 77.7 Å². The number of amides is 3. The minimum Gasteiger partial charge on any atom is -0.507 e. The summed E-state index contributed by atoms with van der Waals surface area (Å²) in [5, 5.41) is 25.1. The summed E-state index contributed by atoms with van der Waals surface area (Å²) in [6.07, 6.45) is 1.19. The molecule has 11 nitrogen and oxygen atoms in total. The Hall–Kier alpha value is -3.46. The molecule has 3 amide bonds. The Balaban J connectivity index is 3.49. The van der Waals surface area contributed by atoms with Crippen LogP contribution in [-0.2, 0) is 23.9 Å². The van der Waals surface area contributed by atoms with Gasteiger partial charge in [0, 0.05) is 5.56 Å². The maximum absolute atomic E-state index is 13.7. The molecule has 0 saturated heterocycles. The zero-order valence-corrected chi connectivity index (χ0v) is 22.2. The van der Waals surface area contributed by atoms with Gasteiger partial charge in [0.05, 0.1) is 13.2 Å². The van der Waals surface area contributed by atoms with E-state index in [-0.39, 0.29) is 17.7 Å². The Kier molecular flexibility index (Phi) is 12.0. The topological polar surface area (TPSA) is 158 Å². The highest BCUT2D eigenvalue weighted by molar-refractivity contribution is 7.98. The minimum atomic E-state index is -1.47. The third kappa shape index (κ3) is 9.30. The van der Waals surface area contributed by atoms with Gasteiger partial charge in [-0.25, -0.2) is 4.79 Å². The lowest BCUT2D eigenvalue weighted by molar-refractivity contribution is -0.144. The Labute approximate surface area is 215 Å². The number of methoxy groups -OCH3 is 1. The maximum Gasteiger partial charge on any atom is 0.408 e. The number of aromatic hydroxyl groups is 1. The van der Waals surface area contributed by atoms with Crippen molar-refractivity contribution in [1.82, 2.24) is 15.5 Å². The van der Waals surface area contributed by atoms with Crippen LogP contribution in [0.15, 0.2) is 18.2 Å². The number of para-hydroxylation sites is 1. The number of hydrogen-bond acceptors (Lipinski definition) is 9. The number of aryl methyl sites for hydroxylation is 1. The van der Waals surface area contributed by atoms with E-state index < -0.39 is 54.7 Å². The fraction of sp³-hybridized carbons (Fsp3) is 0.542. The van der Waals surface area contributed by atoms with Crippen LogP contribution >= 0.6 is 11.8 Å². The second-order valence-corrected chi connectivity index (χ2v) is 9.80. The van der Waals surface area contributed by atoms with Crippen molar-refractivity contribution in [1.29, 1.82) is 5.26 Å². The molecule has 36 heavy (non-hydrogen) atoms. The molecule has 198 valence electrons. The number of phenolic OH excluding ortho intramolecular Hbond substituents is 1. The molecule has 3 N–H and O–H groups in total. The molecule has 0 saturated carbocycles. The summed E-state index contributed by atoms with van der Waals surface area (Å²) < 4.78 is 9.83. The second-order valence-electron chi connectivity index (χ2n) is 8.81. The largest absolute Gasteiger partial charge is 0.507 e. The monoisotopic (exact) mass is 522 g/mol. The molecule has 0 fully saturated rings. The second kappa shape index (κ2) is 14.2. The summed E-state index contributed by atoms with van der Waals surface area (Å²) in [4.78, 5) is 52.0. The highest BCUT2D eigenvalue weighted by Gasteiger charge is 2.37. The van der Waals surface area contributed by atoms with Crippen LogP contribution in [0.4, 0.5) is 4.79 Å². The number of alkyl carbamates (subject to hydrolysis) is 1. The molecule has 1 rings (SSSR count). The van der Waals surface area contributed by atoms with Gasteiger partial charge in [0.25, 0.3) is 0 Å². The van der Waals surface area contributed by atoms with E-state index in [0.29, 0.717) is 11.3 Å². The highest BCUT2D eigenvalue weighted by Crippen LogP contribution is 2.32. The van der Waals surface area contributed by atoms with Gasteiger partial charge in [-0.05, 0) is 51.7 Å². The lowest BCUT2D eigenvalue weighted by Gasteiger charge is -2.33. The Morgan fingerprint density at radius 2 is 1.92 bits per heavy atom. The van der Waals surface area contributed by atoms with E-state index in [2.05, 4.69) is 15.4 Å². The molecule has 1 aromatic rings. The number of nitriles is 1. The zero-order chi connectivity index (χ0) is 27.5. The van der Waals surface area contributed by atoms with Crippen molar-refractivity contribution in [3.8, 4) is 11.8 Å². The van der Waals surface area contributed by atoms with Crippen LogP contribution < -0.4 is 10.6 Å². The molecule has 0 aliphatic heterocycles. The molecule has 0 aliphatic rings. The normalized spacial score (nSPS) is 12.5. The van der Waals surface area contributed by atoms with E-state index in [0.717, 1.165) is 12.0 Å². The Morgan fingerprint density at radius 3 is 2.47 bits per heavy atom. The third-order valence-corrected chi connectivity index (χ3v) is 5.53. The van der Waals surface area contributed by atoms with Crippen molar-refractivity contribution < 1.29 is 33.8 Å². The van der Waals surface area contributed by atoms with E-state index in [1.165, 1.54) is 17.8 Å².